The number of ether oxygens (including phenoxy) is 1. The zero-order valence-electron chi connectivity index (χ0n) is 12.5. The van der Waals surface area contributed by atoms with Crippen LogP contribution in [0.2, 0.25) is 0 Å². The van der Waals surface area contributed by atoms with Gasteiger partial charge in [0.2, 0.25) is 0 Å². The Labute approximate surface area is 119 Å². The summed E-state index contributed by atoms with van der Waals surface area (Å²) in [5.74, 6) is -2.33. The maximum atomic E-state index is 11.8. The average molecular weight is 288 g/mol. The van der Waals surface area contributed by atoms with Gasteiger partial charge in [-0.2, -0.15) is 0 Å². The lowest BCUT2D eigenvalue weighted by Gasteiger charge is -2.22. The molecule has 0 aliphatic rings. The molecular formula is C13H24N2O5. The summed E-state index contributed by atoms with van der Waals surface area (Å²) in [6.45, 7) is 3.84. The zero-order chi connectivity index (χ0) is 15.7. The summed E-state index contributed by atoms with van der Waals surface area (Å²) in [6.07, 6.45) is 1.25. The van der Waals surface area contributed by atoms with Crippen LogP contribution in [0.15, 0.2) is 0 Å². The summed E-state index contributed by atoms with van der Waals surface area (Å²) in [6, 6.07) is -0.400. The van der Waals surface area contributed by atoms with Crippen molar-refractivity contribution in [3.05, 3.63) is 0 Å². The molecule has 0 aromatic heterocycles. The smallest absolute Gasteiger partial charge is 0.317 e. The Hall–Kier alpha value is -1.79. The first-order chi connectivity index (χ1) is 9.33. The predicted molar refractivity (Wildman–Crippen MR) is 73.2 cm³/mol. The molecule has 0 rings (SSSR count). The second-order valence-electron chi connectivity index (χ2n) is 4.81. The molecule has 0 saturated carbocycles. The molecule has 7 heteroatoms. The quantitative estimate of drug-likeness (QED) is 0.648. The monoisotopic (exact) mass is 288 g/mol. The van der Waals surface area contributed by atoms with Crippen molar-refractivity contribution < 1.29 is 24.2 Å². The van der Waals surface area contributed by atoms with Crippen LogP contribution in [0.1, 0.15) is 26.7 Å². The minimum Gasteiger partial charge on any atom is -0.481 e. The third-order valence-electron chi connectivity index (χ3n) is 2.98. The van der Waals surface area contributed by atoms with E-state index < -0.39 is 23.8 Å². The second kappa shape index (κ2) is 9.17. The van der Waals surface area contributed by atoms with Crippen molar-refractivity contribution in [2.75, 3.05) is 27.2 Å². The van der Waals surface area contributed by atoms with E-state index in [-0.39, 0.29) is 19.1 Å². The van der Waals surface area contributed by atoms with Crippen molar-refractivity contribution in [1.82, 2.24) is 10.2 Å². The standard InChI is InChI=1S/C13H24N2O5/c1-5-6-10(11(16)17)7-14-13(19)15(3)8-9(2)12(18)20-4/h9-10H,5-8H2,1-4H3,(H,14,19)(H,16,17). The summed E-state index contributed by atoms with van der Waals surface area (Å²) in [7, 11) is 2.84. The third kappa shape index (κ3) is 6.40. The number of carboxylic acids is 1. The van der Waals surface area contributed by atoms with Crippen LogP contribution in [-0.2, 0) is 14.3 Å². The molecule has 0 heterocycles. The van der Waals surface area contributed by atoms with Crippen LogP contribution >= 0.6 is 0 Å². The van der Waals surface area contributed by atoms with Gasteiger partial charge in [-0.05, 0) is 6.42 Å². The Morgan fingerprint density at radius 3 is 2.40 bits per heavy atom. The highest BCUT2D eigenvalue weighted by atomic mass is 16.5. The topological polar surface area (TPSA) is 95.9 Å². The molecule has 20 heavy (non-hydrogen) atoms. The molecule has 0 aromatic rings. The number of rotatable bonds is 8. The molecule has 116 valence electrons. The molecule has 0 saturated heterocycles. The van der Waals surface area contributed by atoms with Gasteiger partial charge in [-0.15, -0.1) is 0 Å². The number of urea groups is 1. The molecule has 0 fully saturated rings. The summed E-state index contributed by atoms with van der Waals surface area (Å²) < 4.78 is 4.58. The number of carbonyl (C=O) groups excluding carboxylic acids is 2. The maximum Gasteiger partial charge on any atom is 0.317 e. The lowest BCUT2D eigenvalue weighted by molar-refractivity contribution is -0.145. The Bertz CT molecular complexity index is 346. The molecule has 2 atom stereocenters. The summed E-state index contributed by atoms with van der Waals surface area (Å²) in [5.41, 5.74) is 0. The molecule has 2 unspecified atom stereocenters. The number of nitrogens with one attached hydrogen (secondary N) is 1. The number of esters is 1. The summed E-state index contributed by atoms with van der Waals surface area (Å²) in [5, 5.41) is 11.5. The van der Waals surface area contributed by atoms with Gasteiger partial charge < -0.3 is 20.1 Å². The molecule has 0 aliphatic heterocycles. The van der Waals surface area contributed by atoms with Crippen molar-refractivity contribution in [1.29, 1.82) is 0 Å². The number of nitrogens with zero attached hydrogens (tertiary/aromatic N) is 1. The fourth-order valence-corrected chi connectivity index (χ4v) is 1.78. The number of amides is 2. The van der Waals surface area contributed by atoms with E-state index in [2.05, 4.69) is 10.1 Å². The minimum absolute atomic E-state index is 0.0823. The number of hydrogen-bond acceptors (Lipinski definition) is 4. The summed E-state index contributed by atoms with van der Waals surface area (Å²) >= 11 is 0. The van der Waals surface area contributed by atoms with E-state index >= 15 is 0 Å². The van der Waals surface area contributed by atoms with Crippen LogP contribution in [0.3, 0.4) is 0 Å². The van der Waals surface area contributed by atoms with Crippen molar-refractivity contribution in [3.8, 4) is 0 Å². The van der Waals surface area contributed by atoms with Crippen molar-refractivity contribution in [2.24, 2.45) is 11.8 Å². The highest BCUT2D eigenvalue weighted by Gasteiger charge is 2.21. The van der Waals surface area contributed by atoms with Crippen LogP contribution in [0.25, 0.3) is 0 Å². The highest BCUT2D eigenvalue weighted by molar-refractivity contribution is 5.77. The first-order valence-electron chi connectivity index (χ1n) is 6.63. The fourth-order valence-electron chi connectivity index (χ4n) is 1.78. The van der Waals surface area contributed by atoms with E-state index in [1.54, 1.807) is 14.0 Å². The Balaban J connectivity index is 4.25. The zero-order valence-corrected chi connectivity index (χ0v) is 12.5. The van der Waals surface area contributed by atoms with Crippen LogP contribution in [0.5, 0.6) is 0 Å². The van der Waals surface area contributed by atoms with E-state index in [1.807, 2.05) is 6.92 Å². The third-order valence-corrected chi connectivity index (χ3v) is 2.98. The van der Waals surface area contributed by atoms with Crippen LogP contribution in [0.4, 0.5) is 4.79 Å². The van der Waals surface area contributed by atoms with Crippen LogP contribution < -0.4 is 5.32 Å². The van der Waals surface area contributed by atoms with Gasteiger partial charge in [0.25, 0.3) is 0 Å². The largest absolute Gasteiger partial charge is 0.481 e. The van der Waals surface area contributed by atoms with Gasteiger partial charge in [-0.1, -0.05) is 20.3 Å². The number of carbonyl (C=O) groups is 3. The van der Waals surface area contributed by atoms with Gasteiger partial charge in [0.1, 0.15) is 0 Å². The lowest BCUT2D eigenvalue weighted by Crippen LogP contribution is -2.43. The normalized spacial score (nSPS) is 13.2. The lowest BCUT2D eigenvalue weighted by atomic mass is 10.0. The molecule has 0 radical (unpaired) electrons. The van der Waals surface area contributed by atoms with Crippen LogP contribution in [-0.4, -0.2) is 55.2 Å². The van der Waals surface area contributed by atoms with Gasteiger partial charge in [-0.3, -0.25) is 9.59 Å². The van der Waals surface area contributed by atoms with Gasteiger partial charge in [0, 0.05) is 20.1 Å². The number of hydrogen-bond donors (Lipinski definition) is 2. The maximum absolute atomic E-state index is 11.8. The SMILES string of the molecule is CCCC(CNC(=O)N(C)CC(C)C(=O)OC)C(=O)O. The Morgan fingerprint density at radius 2 is 1.95 bits per heavy atom. The molecule has 0 aromatic carbocycles. The molecular weight excluding hydrogens is 264 g/mol. The van der Waals surface area contributed by atoms with Crippen molar-refractivity contribution in [2.45, 2.75) is 26.7 Å². The molecule has 0 spiro atoms. The van der Waals surface area contributed by atoms with Crippen molar-refractivity contribution >= 4 is 18.0 Å². The van der Waals surface area contributed by atoms with Gasteiger partial charge >= 0.3 is 18.0 Å². The number of aliphatic carboxylic acids is 1. The molecule has 0 aliphatic carbocycles. The summed E-state index contributed by atoms with van der Waals surface area (Å²) in [4.78, 5) is 35.3. The molecule has 2 N–H and O–H groups in total. The van der Waals surface area contributed by atoms with Gasteiger partial charge in [-0.25, -0.2) is 4.79 Å². The number of methoxy groups -OCH3 is 1. The highest BCUT2D eigenvalue weighted by Crippen LogP contribution is 2.06. The first-order valence-corrected chi connectivity index (χ1v) is 6.63. The van der Waals surface area contributed by atoms with E-state index in [4.69, 9.17) is 5.11 Å². The van der Waals surface area contributed by atoms with Crippen molar-refractivity contribution in [3.63, 3.8) is 0 Å². The van der Waals surface area contributed by atoms with Gasteiger partial charge in [0.05, 0.1) is 18.9 Å². The van der Waals surface area contributed by atoms with E-state index in [0.29, 0.717) is 6.42 Å². The van der Waals surface area contributed by atoms with E-state index in [1.165, 1.54) is 12.0 Å². The molecule has 7 nitrogen and oxygen atoms in total. The average Bonchev–Trinajstić information content (AvgIpc) is 2.41. The Kier molecular flexibility index (Phi) is 8.35. The molecule has 0 bridgehead atoms. The van der Waals surface area contributed by atoms with E-state index in [0.717, 1.165) is 6.42 Å². The second-order valence-corrected chi connectivity index (χ2v) is 4.81. The van der Waals surface area contributed by atoms with Crippen LogP contribution in [0, 0.1) is 11.8 Å². The number of carboxylic acid groups (broad SMARTS) is 1. The fraction of sp³-hybridized carbons (Fsp3) is 0.769. The van der Waals surface area contributed by atoms with Gasteiger partial charge in [0.15, 0.2) is 0 Å². The minimum atomic E-state index is -0.919. The predicted octanol–water partition coefficient (Wildman–Crippen LogP) is 0.938. The molecule has 2 amide bonds. The Morgan fingerprint density at radius 1 is 1.35 bits per heavy atom. The van der Waals surface area contributed by atoms with E-state index in [9.17, 15) is 14.4 Å². The first kappa shape index (κ1) is 18.2.